The van der Waals surface area contributed by atoms with E-state index >= 15 is 0 Å². The van der Waals surface area contributed by atoms with Gasteiger partial charge in [-0.2, -0.15) is 0 Å². The maximum absolute atomic E-state index is 12.2. The second-order valence-corrected chi connectivity index (χ2v) is 8.75. The molecule has 2 aromatic carbocycles. The van der Waals surface area contributed by atoms with Gasteiger partial charge in [-0.05, 0) is 31.2 Å². The molecular formula is C21H23N3O8S. The van der Waals surface area contributed by atoms with E-state index in [1.165, 1.54) is 12.1 Å². The Bertz CT molecular complexity index is 1130. The molecule has 0 fully saturated rings. The number of rotatable bonds is 8. The molecule has 3 rings (SSSR count). The van der Waals surface area contributed by atoms with E-state index < -0.39 is 34.5 Å². The van der Waals surface area contributed by atoms with Gasteiger partial charge in [-0.1, -0.05) is 17.7 Å². The molecular weight excluding hydrogens is 454 g/mol. The average molecular weight is 477 g/mol. The standard InChI is InChI=1S/C21H23N3O8S/c1-14-2-5-16(6-3-14)33(28,29)22-9-8-20(26)32-13-19(25)24-21(27)23-15-4-7-17-18(12-15)31-11-10-30-17/h2-7,12,22H,8-11,13H2,1H3,(H2,23,24,25,27). The van der Waals surface area contributed by atoms with Crippen molar-refractivity contribution in [2.75, 3.05) is 31.7 Å². The highest BCUT2D eigenvalue weighted by atomic mass is 32.2. The van der Waals surface area contributed by atoms with Gasteiger partial charge in [-0.15, -0.1) is 0 Å². The van der Waals surface area contributed by atoms with Gasteiger partial charge in [0.05, 0.1) is 11.3 Å². The molecule has 0 aromatic heterocycles. The zero-order valence-electron chi connectivity index (χ0n) is 17.8. The second kappa shape index (κ2) is 10.8. The van der Waals surface area contributed by atoms with E-state index in [4.69, 9.17) is 14.2 Å². The van der Waals surface area contributed by atoms with Crippen LogP contribution < -0.4 is 24.8 Å². The topological polar surface area (TPSA) is 149 Å². The summed E-state index contributed by atoms with van der Waals surface area (Å²) >= 11 is 0. The Morgan fingerprint density at radius 2 is 1.70 bits per heavy atom. The number of ether oxygens (including phenoxy) is 3. The van der Waals surface area contributed by atoms with Crippen LogP contribution in [0.15, 0.2) is 47.4 Å². The van der Waals surface area contributed by atoms with Gasteiger partial charge in [-0.25, -0.2) is 17.9 Å². The number of hydrogen-bond acceptors (Lipinski definition) is 8. The number of carbonyl (C=O) groups excluding carboxylic acids is 3. The van der Waals surface area contributed by atoms with Crippen molar-refractivity contribution in [1.82, 2.24) is 10.0 Å². The third-order valence-corrected chi connectivity index (χ3v) is 5.85. The summed E-state index contributed by atoms with van der Waals surface area (Å²) in [5.74, 6) is -0.628. The van der Waals surface area contributed by atoms with Gasteiger partial charge in [-0.3, -0.25) is 14.9 Å². The summed E-state index contributed by atoms with van der Waals surface area (Å²) in [5, 5.41) is 4.48. The molecule has 0 atom stereocenters. The Morgan fingerprint density at radius 3 is 2.42 bits per heavy atom. The summed E-state index contributed by atoms with van der Waals surface area (Å²) in [6.45, 7) is 1.75. The largest absolute Gasteiger partial charge is 0.486 e. The number of imide groups is 1. The van der Waals surface area contributed by atoms with Crippen LogP contribution in [0, 0.1) is 6.92 Å². The maximum Gasteiger partial charge on any atom is 0.325 e. The number of anilines is 1. The molecule has 0 bridgehead atoms. The Hall–Kier alpha value is -3.64. The van der Waals surface area contributed by atoms with Gasteiger partial charge in [0.15, 0.2) is 18.1 Å². The predicted molar refractivity (Wildman–Crippen MR) is 117 cm³/mol. The highest BCUT2D eigenvalue weighted by Gasteiger charge is 2.16. The number of fused-ring (bicyclic) bond motifs is 1. The third-order valence-electron chi connectivity index (χ3n) is 4.37. The fourth-order valence-electron chi connectivity index (χ4n) is 2.75. The number of benzene rings is 2. The number of aryl methyl sites for hydroxylation is 1. The highest BCUT2D eigenvalue weighted by molar-refractivity contribution is 7.89. The molecule has 2 aromatic rings. The van der Waals surface area contributed by atoms with Crippen LogP contribution in [-0.4, -0.2) is 52.7 Å². The summed E-state index contributed by atoms with van der Waals surface area (Å²) < 4.78 is 42.1. The summed E-state index contributed by atoms with van der Waals surface area (Å²) in [4.78, 5) is 35.6. The normalized spacial score (nSPS) is 12.5. The Morgan fingerprint density at radius 1 is 1.00 bits per heavy atom. The number of carbonyl (C=O) groups is 3. The smallest absolute Gasteiger partial charge is 0.325 e. The molecule has 12 heteroatoms. The van der Waals surface area contributed by atoms with E-state index in [0.29, 0.717) is 30.4 Å². The number of hydrogen-bond donors (Lipinski definition) is 3. The highest BCUT2D eigenvalue weighted by Crippen LogP contribution is 2.32. The minimum Gasteiger partial charge on any atom is -0.486 e. The fraction of sp³-hybridized carbons (Fsp3) is 0.286. The number of sulfonamides is 1. The third kappa shape index (κ3) is 7.19. The van der Waals surface area contributed by atoms with Crippen molar-refractivity contribution < 1.29 is 37.0 Å². The molecule has 0 aliphatic carbocycles. The van der Waals surface area contributed by atoms with E-state index in [1.54, 1.807) is 30.3 Å². The molecule has 0 spiro atoms. The molecule has 0 unspecified atom stereocenters. The molecule has 176 valence electrons. The van der Waals surface area contributed by atoms with Gasteiger partial charge in [0.1, 0.15) is 13.2 Å². The molecule has 33 heavy (non-hydrogen) atoms. The summed E-state index contributed by atoms with van der Waals surface area (Å²) in [6, 6.07) is 10.2. The zero-order chi connectivity index (χ0) is 23.8. The van der Waals surface area contributed by atoms with Crippen molar-refractivity contribution in [3.05, 3.63) is 48.0 Å². The van der Waals surface area contributed by atoms with Gasteiger partial charge in [0.2, 0.25) is 10.0 Å². The summed E-state index contributed by atoms with van der Waals surface area (Å²) in [6.07, 6.45) is -0.290. The quantitative estimate of drug-likeness (QED) is 0.482. The molecule has 0 saturated carbocycles. The number of amides is 3. The first-order valence-corrected chi connectivity index (χ1v) is 11.4. The number of esters is 1. The Labute approximate surface area is 190 Å². The van der Waals surface area contributed by atoms with E-state index in [2.05, 4.69) is 10.0 Å². The van der Waals surface area contributed by atoms with Crippen molar-refractivity contribution in [3.63, 3.8) is 0 Å². The lowest BCUT2D eigenvalue weighted by Crippen LogP contribution is -2.37. The first kappa shape index (κ1) is 24.0. The molecule has 3 N–H and O–H groups in total. The van der Waals surface area contributed by atoms with Crippen LogP contribution in [0.4, 0.5) is 10.5 Å². The number of nitrogens with one attached hydrogen (secondary N) is 3. The van der Waals surface area contributed by atoms with Gasteiger partial charge >= 0.3 is 12.0 Å². The monoisotopic (exact) mass is 477 g/mol. The molecule has 1 heterocycles. The number of urea groups is 1. The predicted octanol–water partition coefficient (Wildman–Crippen LogP) is 1.33. The van der Waals surface area contributed by atoms with Crippen LogP contribution in [0.25, 0.3) is 0 Å². The maximum atomic E-state index is 12.2. The zero-order valence-corrected chi connectivity index (χ0v) is 18.6. The van der Waals surface area contributed by atoms with Crippen LogP contribution in [0.5, 0.6) is 11.5 Å². The lowest BCUT2D eigenvalue weighted by Gasteiger charge is -2.19. The molecule has 0 radical (unpaired) electrons. The van der Waals surface area contributed by atoms with Crippen LogP contribution in [-0.2, 0) is 24.3 Å². The van der Waals surface area contributed by atoms with E-state index in [9.17, 15) is 22.8 Å². The molecule has 11 nitrogen and oxygen atoms in total. The molecule has 1 aliphatic rings. The molecule has 1 aliphatic heterocycles. The van der Waals surface area contributed by atoms with Crippen LogP contribution in [0.2, 0.25) is 0 Å². The summed E-state index contributed by atoms with van der Waals surface area (Å²) in [7, 11) is -3.76. The summed E-state index contributed by atoms with van der Waals surface area (Å²) in [5.41, 5.74) is 1.29. The first-order chi connectivity index (χ1) is 15.7. The molecule has 3 amide bonds. The van der Waals surface area contributed by atoms with E-state index in [-0.39, 0.29) is 17.9 Å². The average Bonchev–Trinajstić information content (AvgIpc) is 2.77. The minimum absolute atomic E-state index is 0.0740. The van der Waals surface area contributed by atoms with E-state index in [0.717, 1.165) is 5.56 Å². The van der Waals surface area contributed by atoms with Crippen LogP contribution in [0.1, 0.15) is 12.0 Å². The van der Waals surface area contributed by atoms with E-state index in [1.807, 2.05) is 12.2 Å². The van der Waals surface area contributed by atoms with Crippen LogP contribution in [0.3, 0.4) is 0 Å². The lowest BCUT2D eigenvalue weighted by molar-refractivity contribution is -0.148. The van der Waals surface area contributed by atoms with Gasteiger partial charge < -0.3 is 19.5 Å². The Kier molecular flexibility index (Phi) is 7.85. The fourth-order valence-corrected chi connectivity index (χ4v) is 3.78. The van der Waals surface area contributed by atoms with Gasteiger partial charge in [0.25, 0.3) is 5.91 Å². The lowest BCUT2D eigenvalue weighted by atomic mass is 10.2. The SMILES string of the molecule is Cc1ccc(S(=O)(=O)NCCC(=O)OCC(=O)NC(=O)Nc2ccc3c(c2)OCCO3)cc1. The minimum atomic E-state index is -3.76. The molecule has 0 saturated heterocycles. The van der Waals surface area contributed by atoms with Crippen molar-refractivity contribution >= 4 is 33.6 Å². The van der Waals surface area contributed by atoms with Gasteiger partial charge in [0, 0.05) is 18.3 Å². The van der Waals surface area contributed by atoms with Crippen molar-refractivity contribution in [1.29, 1.82) is 0 Å². The first-order valence-electron chi connectivity index (χ1n) is 9.95. The van der Waals surface area contributed by atoms with Crippen molar-refractivity contribution in [3.8, 4) is 11.5 Å². The van der Waals surface area contributed by atoms with Crippen LogP contribution >= 0.6 is 0 Å². The second-order valence-electron chi connectivity index (χ2n) is 6.98. The van der Waals surface area contributed by atoms with Crippen molar-refractivity contribution in [2.45, 2.75) is 18.2 Å². The van der Waals surface area contributed by atoms with Crippen molar-refractivity contribution in [2.24, 2.45) is 0 Å². The Balaban J connectivity index is 1.36.